The number of aryl methyl sites for hydroxylation is 1. The molecule has 1 fully saturated rings. The molecule has 7 aromatic rings. The van der Waals surface area contributed by atoms with E-state index in [1.807, 2.05) is 6.92 Å². The van der Waals surface area contributed by atoms with E-state index in [2.05, 4.69) is 73.7 Å². The van der Waals surface area contributed by atoms with E-state index in [-0.39, 0.29) is 18.8 Å². The minimum Gasteiger partial charge on any atom is -0.394 e. The number of hydrogen-bond acceptors (Lipinski definition) is 3. The zero-order chi connectivity index (χ0) is 23.1. The van der Waals surface area contributed by atoms with E-state index in [1.165, 1.54) is 70.2 Å². The summed E-state index contributed by atoms with van der Waals surface area (Å²) >= 11 is 0. The van der Waals surface area contributed by atoms with Crippen LogP contribution in [0.15, 0.2) is 66.7 Å². The number of aliphatic hydroxyl groups excluding tert-OH is 2. The Morgan fingerprint density at radius 2 is 1.15 bits per heavy atom. The molecule has 0 saturated carbocycles. The topological polar surface area (TPSA) is 49.7 Å². The molecular weight excluding hydrogens is 420 g/mol. The number of ether oxygens (including phenoxy) is 1. The third-order valence-corrected chi connectivity index (χ3v) is 7.80. The standard InChI is InChI=1S/C25H14.C6H12O3/c1-13-12-18-9-8-16-5-3-14-2-4-15-6-7-17-10-11-19(13)25-23(17)21(15)20(14)22(16)24(18)25;1-4-2-5(8)6(3-7)9-4/h2-12H,1H3;4-8H,2-3H2,1H3. The summed E-state index contributed by atoms with van der Waals surface area (Å²) in [5.74, 6) is 0. The van der Waals surface area contributed by atoms with E-state index < -0.39 is 6.10 Å². The van der Waals surface area contributed by atoms with Crippen molar-refractivity contribution >= 4 is 64.6 Å². The van der Waals surface area contributed by atoms with Crippen molar-refractivity contribution in [1.82, 2.24) is 0 Å². The Bertz CT molecular complexity index is 1740. The average molecular weight is 447 g/mol. The maximum absolute atomic E-state index is 9.07. The summed E-state index contributed by atoms with van der Waals surface area (Å²) < 4.78 is 5.12. The van der Waals surface area contributed by atoms with Crippen molar-refractivity contribution in [3.63, 3.8) is 0 Å². The minimum atomic E-state index is -0.468. The molecule has 1 saturated heterocycles. The molecule has 7 aromatic carbocycles. The second kappa shape index (κ2) is 7.13. The highest BCUT2D eigenvalue weighted by Crippen LogP contribution is 2.48. The fourth-order valence-electron chi connectivity index (χ4n) is 6.27. The number of rotatable bonds is 1. The van der Waals surface area contributed by atoms with E-state index in [0.717, 1.165) is 0 Å². The Morgan fingerprint density at radius 3 is 1.59 bits per heavy atom. The van der Waals surface area contributed by atoms with Crippen LogP contribution in [0.4, 0.5) is 0 Å². The maximum Gasteiger partial charge on any atom is 0.107 e. The van der Waals surface area contributed by atoms with E-state index in [0.29, 0.717) is 6.42 Å². The Kier molecular flexibility index (Phi) is 4.23. The normalized spacial score (nSPS) is 21.1. The third-order valence-electron chi connectivity index (χ3n) is 7.80. The lowest BCUT2D eigenvalue weighted by Crippen LogP contribution is -2.24. The first kappa shape index (κ1) is 20.2. The second-order valence-electron chi connectivity index (χ2n) is 9.91. The Labute approximate surface area is 197 Å². The Balaban J connectivity index is 0.000000190. The van der Waals surface area contributed by atoms with Crippen LogP contribution in [0.5, 0.6) is 0 Å². The van der Waals surface area contributed by atoms with Gasteiger partial charge in [0.05, 0.1) is 18.8 Å². The molecule has 1 aliphatic rings. The van der Waals surface area contributed by atoms with Crippen LogP contribution in [-0.4, -0.2) is 35.1 Å². The second-order valence-corrected chi connectivity index (χ2v) is 9.91. The molecule has 3 nitrogen and oxygen atoms in total. The molecule has 1 aliphatic heterocycles. The van der Waals surface area contributed by atoms with Crippen LogP contribution in [0, 0.1) is 6.92 Å². The summed E-state index contributed by atoms with van der Waals surface area (Å²) in [6, 6.07) is 25.2. The molecule has 8 rings (SSSR count). The van der Waals surface area contributed by atoms with E-state index >= 15 is 0 Å². The summed E-state index contributed by atoms with van der Waals surface area (Å²) in [6.45, 7) is 4.05. The first-order valence-electron chi connectivity index (χ1n) is 12.1. The highest BCUT2D eigenvalue weighted by Gasteiger charge is 2.30. The highest BCUT2D eigenvalue weighted by molar-refractivity contribution is 6.44. The van der Waals surface area contributed by atoms with Gasteiger partial charge >= 0.3 is 0 Å². The van der Waals surface area contributed by atoms with Gasteiger partial charge in [-0.05, 0) is 84.0 Å². The fourth-order valence-corrected chi connectivity index (χ4v) is 6.27. The molecule has 0 bridgehead atoms. The number of benzene rings is 7. The van der Waals surface area contributed by atoms with Gasteiger partial charge in [-0.1, -0.05) is 66.7 Å². The van der Waals surface area contributed by atoms with Crippen LogP contribution in [0.2, 0.25) is 0 Å². The predicted octanol–water partition coefficient (Wildman–Crippen LogP) is 6.74. The van der Waals surface area contributed by atoms with Crippen LogP contribution in [-0.2, 0) is 4.74 Å². The summed E-state index contributed by atoms with van der Waals surface area (Å²) in [5.41, 5.74) is 1.37. The molecule has 0 aliphatic carbocycles. The summed E-state index contributed by atoms with van der Waals surface area (Å²) in [7, 11) is 0. The van der Waals surface area contributed by atoms with Gasteiger partial charge in [-0.3, -0.25) is 0 Å². The predicted molar refractivity (Wildman–Crippen MR) is 142 cm³/mol. The first-order chi connectivity index (χ1) is 16.5. The van der Waals surface area contributed by atoms with Gasteiger partial charge in [0.2, 0.25) is 0 Å². The van der Waals surface area contributed by atoms with E-state index in [4.69, 9.17) is 14.9 Å². The maximum atomic E-state index is 9.07. The highest BCUT2D eigenvalue weighted by atomic mass is 16.5. The molecule has 3 unspecified atom stereocenters. The van der Waals surface area contributed by atoms with Gasteiger partial charge in [0.25, 0.3) is 0 Å². The lowest BCUT2D eigenvalue weighted by Gasteiger charge is -2.21. The first-order valence-corrected chi connectivity index (χ1v) is 12.1. The van der Waals surface area contributed by atoms with Gasteiger partial charge in [-0.25, -0.2) is 0 Å². The van der Waals surface area contributed by atoms with Crippen molar-refractivity contribution in [3.05, 3.63) is 72.3 Å². The fraction of sp³-hybridized carbons (Fsp3) is 0.226. The van der Waals surface area contributed by atoms with Crippen molar-refractivity contribution in [2.75, 3.05) is 6.61 Å². The van der Waals surface area contributed by atoms with Crippen molar-refractivity contribution in [2.24, 2.45) is 0 Å². The van der Waals surface area contributed by atoms with Crippen molar-refractivity contribution in [2.45, 2.75) is 38.6 Å². The van der Waals surface area contributed by atoms with Crippen LogP contribution < -0.4 is 0 Å². The van der Waals surface area contributed by atoms with Crippen LogP contribution in [0.1, 0.15) is 18.9 Å². The van der Waals surface area contributed by atoms with Crippen molar-refractivity contribution in [3.8, 4) is 0 Å². The van der Waals surface area contributed by atoms with E-state index in [1.54, 1.807) is 0 Å². The van der Waals surface area contributed by atoms with Gasteiger partial charge in [-0.2, -0.15) is 0 Å². The minimum absolute atomic E-state index is 0.0779. The summed E-state index contributed by atoms with van der Waals surface area (Å²) in [5, 5.41) is 34.5. The molecule has 3 heteroatoms. The van der Waals surface area contributed by atoms with Gasteiger partial charge in [0.1, 0.15) is 6.10 Å². The van der Waals surface area contributed by atoms with Gasteiger partial charge in [0, 0.05) is 6.42 Å². The molecule has 0 radical (unpaired) electrons. The van der Waals surface area contributed by atoms with Gasteiger partial charge < -0.3 is 14.9 Å². The molecule has 1 heterocycles. The monoisotopic (exact) mass is 446 g/mol. The molecular formula is C31H26O3. The molecule has 168 valence electrons. The molecule has 34 heavy (non-hydrogen) atoms. The van der Waals surface area contributed by atoms with Crippen molar-refractivity contribution in [1.29, 1.82) is 0 Å². The average Bonchev–Trinajstić information content (AvgIpc) is 3.19. The number of hydrogen-bond donors (Lipinski definition) is 2. The zero-order valence-electron chi connectivity index (χ0n) is 19.3. The van der Waals surface area contributed by atoms with Gasteiger partial charge in [0.15, 0.2) is 0 Å². The number of aliphatic hydroxyl groups is 2. The quantitative estimate of drug-likeness (QED) is 0.217. The summed E-state index contributed by atoms with van der Waals surface area (Å²) in [4.78, 5) is 0. The molecule has 0 amide bonds. The lowest BCUT2D eigenvalue weighted by atomic mass is 9.82. The Morgan fingerprint density at radius 1 is 0.706 bits per heavy atom. The molecule has 2 N–H and O–H groups in total. The van der Waals surface area contributed by atoms with E-state index in [9.17, 15) is 0 Å². The lowest BCUT2D eigenvalue weighted by molar-refractivity contribution is -0.0170. The Hall–Kier alpha value is -3.24. The van der Waals surface area contributed by atoms with Crippen LogP contribution >= 0.6 is 0 Å². The molecule has 0 aromatic heterocycles. The van der Waals surface area contributed by atoms with Gasteiger partial charge in [-0.15, -0.1) is 0 Å². The third kappa shape index (κ3) is 2.63. The van der Waals surface area contributed by atoms with Crippen molar-refractivity contribution < 1.29 is 14.9 Å². The molecule has 3 atom stereocenters. The SMILES string of the molecule is CC1CC(O)C(CO)O1.Cc1cc2ccc3ccc4ccc5ccc6ccc1c1c6c5c4c3c21. The van der Waals surface area contributed by atoms with Crippen LogP contribution in [0.25, 0.3) is 64.6 Å². The molecule has 0 spiro atoms. The van der Waals surface area contributed by atoms with Crippen LogP contribution in [0.3, 0.4) is 0 Å². The smallest absolute Gasteiger partial charge is 0.107 e. The zero-order valence-corrected chi connectivity index (χ0v) is 19.3. The summed E-state index contributed by atoms with van der Waals surface area (Å²) in [6.07, 6.45) is -0.0762. The largest absolute Gasteiger partial charge is 0.394 e.